The zero-order valence-electron chi connectivity index (χ0n) is 17.5. The van der Waals surface area contributed by atoms with Gasteiger partial charge in [0.2, 0.25) is 5.88 Å². The summed E-state index contributed by atoms with van der Waals surface area (Å²) in [5.74, 6) is -5.54. The fraction of sp³-hybridized carbons (Fsp3) is 0.136. The van der Waals surface area contributed by atoms with E-state index in [0.717, 1.165) is 21.9 Å². The number of hydrogen-bond acceptors (Lipinski definition) is 5. The lowest BCUT2D eigenvalue weighted by atomic mass is 10.0. The number of ether oxygens (including phenoxy) is 1. The smallest absolute Gasteiger partial charge is 0.419 e. The molecule has 0 spiro atoms. The van der Waals surface area contributed by atoms with E-state index in [4.69, 9.17) is 4.74 Å². The SMILES string of the molecule is COc1ccc(N2CN(c3ccc(C=O)c(F)c3F)c3cc(C(F)(F)F)c(F)cc3C2=O)c(Br)n1. The average Bonchev–Trinajstić information content (AvgIpc) is 2.81. The third-order valence-electron chi connectivity index (χ3n) is 5.25. The number of nitrogens with zero attached hydrogens (tertiary/aromatic N) is 3. The van der Waals surface area contributed by atoms with Gasteiger partial charge in [-0.3, -0.25) is 14.5 Å². The lowest BCUT2D eigenvalue weighted by Gasteiger charge is -2.38. The van der Waals surface area contributed by atoms with Gasteiger partial charge < -0.3 is 9.64 Å². The summed E-state index contributed by atoms with van der Waals surface area (Å²) in [6.07, 6.45) is -5.06. The molecule has 0 unspecified atom stereocenters. The molecular weight excluding hydrogens is 548 g/mol. The Bertz CT molecular complexity index is 1370. The molecule has 1 aliphatic heterocycles. The first-order chi connectivity index (χ1) is 16.5. The number of methoxy groups -OCH3 is 1. The van der Waals surface area contributed by atoms with Crippen molar-refractivity contribution in [2.45, 2.75) is 6.18 Å². The Morgan fingerprint density at radius 2 is 1.69 bits per heavy atom. The number of alkyl halides is 3. The van der Waals surface area contributed by atoms with Crippen molar-refractivity contribution in [1.82, 2.24) is 4.98 Å². The molecule has 1 amide bonds. The maximum absolute atomic E-state index is 14.9. The molecule has 182 valence electrons. The van der Waals surface area contributed by atoms with Crippen LogP contribution in [0.1, 0.15) is 26.3 Å². The van der Waals surface area contributed by atoms with Crippen LogP contribution < -0.4 is 14.5 Å². The minimum Gasteiger partial charge on any atom is -0.481 e. The van der Waals surface area contributed by atoms with Crippen molar-refractivity contribution in [2.75, 3.05) is 23.6 Å². The van der Waals surface area contributed by atoms with Crippen LogP contribution in [-0.4, -0.2) is 31.0 Å². The van der Waals surface area contributed by atoms with Gasteiger partial charge in [-0.2, -0.15) is 13.2 Å². The van der Waals surface area contributed by atoms with E-state index < -0.39 is 64.3 Å². The normalized spacial score (nSPS) is 13.7. The predicted molar refractivity (Wildman–Crippen MR) is 115 cm³/mol. The number of pyridine rings is 1. The minimum absolute atomic E-state index is 0.0689. The lowest BCUT2D eigenvalue weighted by Crippen LogP contribution is -2.45. The summed E-state index contributed by atoms with van der Waals surface area (Å²) in [5, 5.41) is 0. The Balaban J connectivity index is 1.96. The van der Waals surface area contributed by atoms with Crippen molar-refractivity contribution in [3.8, 4) is 5.88 Å². The van der Waals surface area contributed by atoms with Crippen LogP contribution in [0.15, 0.2) is 41.0 Å². The zero-order valence-corrected chi connectivity index (χ0v) is 19.0. The largest absolute Gasteiger partial charge is 0.481 e. The van der Waals surface area contributed by atoms with Crippen molar-refractivity contribution >= 4 is 45.2 Å². The molecule has 0 N–H and O–H groups in total. The highest BCUT2D eigenvalue weighted by molar-refractivity contribution is 9.10. The summed E-state index contributed by atoms with van der Waals surface area (Å²) in [7, 11) is 1.35. The van der Waals surface area contributed by atoms with Gasteiger partial charge >= 0.3 is 6.18 Å². The van der Waals surface area contributed by atoms with Crippen LogP contribution in [0, 0.1) is 17.5 Å². The molecule has 0 saturated carbocycles. The molecule has 0 radical (unpaired) electrons. The number of hydrogen-bond donors (Lipinski definition) is 0. The maximum Gasteiger partial charge on any atom is 0.419 e. The van der Waals surface area contributed by atoms with Crippen molar-refractivity contribution < 1.29 is 40.7 Å². The molecule has 6 nitrogen and oxygen atoms in total. The third kappa shape index (κ3) is 4.20. The topological polar surface area (TPSA) is 62.7 Å². The predicted octanol–water partition coefficient (Wildman–Crippen LogP) is 5.86. The molecule has 35 heavy (non-hydrogen) atoms. The second-order valence-electron chi connectivity index (χ2n) is 7.23. The van der Waals surface area contributed by atoms with Gasteiger partial charge in [0.25, 0.3) is 5.91 Å². The van der Waals surface area contributed by atoms with E-state index >= 15 is 0 Å². The van der Waals surface area contributed by atoms with E-state index in [0.29, 0.717) is 12.1 Å². The molecule has 0 saturated heterocycles. The standard InChI is InChI=1S/C22H12BrF6N3O3/c1-35-17-5-4-15(20(23)30-17)32-9-31(14-3-2-10(8-33)18(25)19(14)26)16-7-12(22(27,28)29)13(24)6-11(16)21(32)34/h2-8H,9H2,1H3. The molecule has 13 heteroatoms. The van der Waals surface area contributed by atoms with E-state index in [1.807, 2.05) is 0 Å². The number of fused-ring (bicyclic) bond motifs is 1. The summed E-state index contributed by atoms with van der Waals surface area (Å²) in [6, 6.07) is 5.42. The number of aromatic nitrogens is 1. The number of carbonyl (C=O) groups excluding carboxylic acids is 2. The second kappa shape index (κ2) is 8.87. The van der Waals surface area contributed by atoms with Crippen LogP contribution in [0.2, 0.25) is 0 Å². The van der Waals surface area contributed by atoms with Gasteiger partial charge in [0, 0.05) is 6.07 Å². The van der Waals surface area contributed by atoms with Crippen LogP contribution in [0.3, 0.4) is 0 Å². The summed E-state index contributed by atoms with van der Waals surface area (Å²) in [4.78, 5) is 30.1. The Morgan fingerprint density at radius 3 is 2.29 bits per heavy atom. The number of halogens is 7. The summed E-state index contributed by atoms with van der Waals surface area (Å²) < 4.78 is 89.0. The van der Waals surface area contributed by atoms with Gasteiger partial charge in [-0.15, -0.1) is 0 Å². The zero-order chi connectivity index (χ0) is 25.7. The van der Waals surface area contributed by atoms with Crippen molar-refractivity contribution in [3.63, 3.8) is 0 Å². The Labute approximate surface area is 201 Å². The van der Waals surface area contributed by atoms with Crippen molar-refractivity contribution in [2.24, 2.45) is 0 Å². The molecule has 2 heterocycles. The van der Waals surface area contributed by atoms with Crippen molar-refractivity contribution in [3.05, 3.63) is 75.1 Å². The highest BCUT2D eigenvalue weighted by atomic mass is 79.9. The number of amides is 1. The molecule has 0 fully saturated rings. The summed E-state index contributed by atoms with van der Waals surface area (Å²) >= 11 is 3.16. The van der Waals surface area contributed by atoms with Gasteiger partial charge in [0.15, 0.2) is 17.9 Å². The quantitative estimate of drug-likeness (QED) is 0.228. The first kappa shape index (κ1) is 24.5. The molecule has 0 atom stereocenters. The molecule has 0 bridgehead atoms. The Morgan fingerprint density at radius 1 is 1.00 bits per heavy atom. The summed E-state index contributed by atoms with van der Waals surface area (Å²) in [6.45, 7) is -0.599. The fourth-order valence-corrected chi connectivity index (χ4v) is 4.09. The Hall–Kier alpha value is -3.61. The van der Waals surface area contributed by atoms with Crippen LogP contribution >= 0.6 is 15.9 Å². The first-order valence-electron chi connectivity index (χ1n) is 9.61. The molecule has 3 aromatic rings. The molecule has 2 aromatic carbocycles. The number of rotatable bonds is 4. The molecule has 4 rings (SSSR count). The van der Waals surface area contributed by atoms with Crippen LogP contribution in [0.25, 0.3) is 0 Å². The third-order valence-corrected chi connectivity index (χ3v) is 5.84. The molecular formula is C22H12BrF6N3O3. The van der Waals surface area contributed by atoms with Gasteiger partial charge in [0.05, 0.1) is 40.9 Å². The van der Waals surface area contributed by atoms with Gasteiger partial charge in [-0.25, -0.2) is 18.2 Å². The Kier molecular flexibility index (Phi) is 6.21. The molecule has 1 aromatic heterocycles. The fourth-order valence-electron chi connectivity index (χ4n) is 3.57. The van der Waals surface area contributed by atoms with E-state index in [1.54, 1.807) is 0 Å². The highest BCUT2D eigenvalue weighted by Gasteiger charge is 2.40. The van der Waals surface area contributed by atoms with E-state index in [-0.39, 0.29) is 22.5 Å². The van der Waals surface area contributed by atoms with Crippen LogP contribution in [-0.2, 0) is 6.18 Å². The van der Waals surface area contributed by atoms with Crippen LogP contribution in [0.5, 0.6) is 5.88 Å². The first-order valence-corrected chi connectivity index (χ1v) is 10.4. The summed E-state index contributed by atoms with van der Waals surface area (Å²) in [5.41, 5.74) is -3.84. The van der Waals surface area contributed by atoms with Gasteiger partial charge in [0.1, 0.15) is 17.1 Å². The number of benzene rings is 2. The maximum atomic E-state index is 14.9. The van der Waals surface area contributed by atoms with E-state index in [1.165, 1.54) is 19.2 Å². The highest BCUT2D eigenvalue weighted by Crippen LogP contribution is 2.43. The average molecular weight is 560 g/mol. The molecule has 1 aliphatic rings. The number of carbonyl (C=O) groups is 2. The minimum atomic E-state index is -5.13. The molecule has 0 aliphatic carbocycles. The van der Waals surface area contributed by atoms with Crippen molar-refractivity contribution in [1.29, 1.82) is 0 Å². The monoisotopic (exact) mass is 559 g/mol. The second-order valence-corrected chi connectivity index (χ2v) is 7.98. The van der Waals surface area contributed by atoms with Crippen LogP contribution in [0.4, 0.5) is 43.4 Å². The number of aldehydes is 1. The van der Waals surface area contributed by atoms with E-state index in [9.17, 15) is 35.9 Å². The number of anilines is 3. The van der Waals surface area contributed by atoms with E-state index in [2.05, 4.69) is 20.9 Å². The lowest BCUT2D eigenvalue weighted by molar-refractivity contribution is -0.139. The van der Waals surface area contributed by atoms with Gasteiger partial charge in [-0.05, 0) is 46.3 Å². The van der Waals surface area contributed by atoms with Gasteiger partial charge in [-0.1, -0.05) is 0 Å².